The van der Waals surface area contributed by atoms with Crippen LogP contribution in [0.15, 0.2) is 10.7 Å². The molecule has 0 radical (unpaired) electrons. The smallest absolute Gasteiger partial charge is 0.224 e. The first-order valence-corrected chi connectivity index (χ1v) is 6.88. The van der Waals surface area contributed by atoms with Gasteiger partial charge >= 0.3 is 0 Å². The zero-order valence-corrected chi connectivity index (χ0v) is 12.6. The van der Waals surface area contributed by atoms with Crippen molar-refractivity contribution in [2.45, 2.75) is 25.4 Å². The van der Waals surface area contributed by atoms with Gasteiger partial charge in [0.1, 0.15) is 5.82 Å². The van der Waals surface area contributed by atoms with Crippen molar-refractivity contribution in [1.29, 1.82) is 0 Å². The first kappa shape index (κ1) is 13.5. The van der Waals surface area contributed by atoms with E-state index in [0.29, 0.717) is 5.95 Å². The molecule has 6 heteroatoms. The zero-order valence-electron chi connectivity index (χ0n) is 11.0. The molecule has 1 aliphatic heterocycles. The van der Waals surface area contributed by atoms with Gasteiger partial charge in [-0.25, -0.2) is 4.98 Å². The molecule has 0 bridgehead atoms. The maximum absolute atomic E-state index is 5.61. The third kappa shape index (κ3) is 2.75. The van der Waals surface area contributed by atoms with Gasteiger partial charge in [0.15, 0.2) is 0 Å². The van der Waals surface area contributed by atoms with E-state index < -0.39 is 0 Å². The molecule has 5 nitrogen and oxygen atoms in total. The number of halogens is 1. The number of hydrogen-bond acceptors (Lipinski definition) is 5. The summed E-state index contributed by atoms with van der Waals surface area (Å²) in [6.45, 7) is 3.99. The number of aromatic nitrogens is 2. The van der Waals surface area contributed by atoms with Gasteiger partial charge in [-0.3, -0.25) is 0 Å². The third-order valence-electron chi connectivity index (χ3n) is 3.40. The molecule has 1 N–H and O–H groups in total. The highest BCUT2D eigenvalue weighted by Crippen LogP contribution is 2.31. The summed E-state index contributed by atoms with van der Waals surface area (Å²) in [7, 11) is 3.60. The van der Waals surface area contributed by atoms with Crippen LogP contribution >= 0.6 is 15.9 Å². The Morgan fingerprint density at radius 1 is 1.56 bits per heavy atom. The van der Waals surface area contributed by atoms with Crippen LogP contribution in [-0.2, 0) is 4.74 Å². The summed E-state index contributed by atoms with van der Waals surface area (Å²) in [5.41, 5.74) is -0.0948. The van der Waals surface area contributed by atoms with Gasteiger partial charge in [0.25, 0.3) is 0 Å². The number of piperidine rings is 1. The van der Waals surface area contributed by atoms with E-state index >= 15 is 0 Å². The molecule has 0 saturated carbocycles. The SMILES string of the molecule is CNc1ncc(Br)c(N2CCCC(C)(OC)C2)n1. The van der Waals surface area contributed by atoms with Crippen LogP contribution in [0.5, 0.6) is 0 Å². The Balaban J connectivity index is 2.25. The van der Waals surface area contributed by atoms with Gasteiger partial charge in [-0.1, -0.05) is 0 Å². The van der Waals surface area contributed by atoms with Crippen LogP contribution in [0.1, 0.15) is 19.8 Å². The van der Waals surface area contributed by atoms with Crippen LogP contribution in [0.3, 0.4) is 0 Å². The van der Waals surface area contributed by atoms with Crippen LogP contribution in [0.4, 0.5) is 11.8 Å². The lowest BCUT2D eigenvalue weighted by Crippen LogP contribution is -2.47. The molecule has 2 rings (SSSR count). The Kier molecular flexibility index (Phi) is 4.07. The van der Waals surface area contributed by atoms with Gasteiger partial charge in [0.05, 0.1) is 10.1 Å². The average molecular weight is 315 g/mol. The normalized spacial score (nSPS) is 24.1. The lowest BCUT2D eigenvalue weighted by Gasteiger charge is -2.40. The fraction of sp³-hybridized carbons (Fsp3) is 0.667. The van der Waals surface area contributed by atoms with Crippen molar-refractivity contribution >= 4 is 27.7 Å². The third-order valence-corrected chi connectivity index (χ3v) is 3.96. The molecular formula is C12H19BrN4O. The Bertz CT molecular complexity index is 429. The van der Waals surface area contributed by atoms with Crippen LogP contribution in [0.25, 0.3) is 0 Å². The fourth-order valence-electron chi connectivity index (χ4n) is 2.25. The minimum atomic E-state index is -0.0948. The van der Waals surface area contributed by atoms with Crippen LogP contribution in [0.2, 0.25) is 0 Å². The van der Waals surface area contributed by atoms with E-state index in [1.165, 1.54) is 0 Å². The summed E-state index contributed by atoms with van der Waals surface area (Å²) in [4.78, 5) is 10.9. The molecule has 2 heterocycles. The number of methoxy groups -OCH3 is 1. The minimum Gasteiger partial charge on any atom is -0.377 e. The number of hydrogen-bond donors (Lipinski definition) is 1. The van der Waals surface area contributed by atoms with Gasteiger partial charge in [-0.2, -0.15) is 4.98 Å². The van der Waals surface area contributed by atoms with Crippen molar-refractivity contribution in [3.63, 3.8) is 0 Å². The first-order valence-electron chi connectivity index (χ1n) is 6.08. The van der Waals surface area contributed by atoms with E-state index in [-0.39, 0.29) is 5.60 Å². The van der Waals surface area contributed by atoms with Crippen LogP contribution < -0.4 is 10.2 Å². The van der Waals surface area contributed by atoms with Gasteiger partial charge in [0, 0.05) is 33.4 Å². The van der Waals surface area contributed by atoms with E-state index in [1.807, 2.05) is 7.05 Å². The van der Waals surface area contributed by atoms with Crippen molar-refractivity contribution < 1.29 is 4.74 Å². The summed E-state index contributed by atoms with van der Waals surface area (Å²) < 4.78 is 6.53. The van der Waals surface area contributed by atoms with Gasteiger partial charge in [0.2, 0.25) is 5.95 Å². The van der Waals surface area contributed by atoms with Crippen molar-refractivity contribution in [3.05, 3.63) is 10.7 Å². The summed E-state index contributed by atoms with van der Waals surface area (Å²) >= 11 is 3.52. The van der Waals surface area contributed by atoms with Crippen molar-refractivity contribution in [2.75, 3.05) is 37.5 Å². The predicted molar refractivity (Wildman–Crippen MR) is 76.1 cm³/mol. The minimum absolute atomic E-state index is 0.0948. The number of rotatable bonds is 3. The summed E-state index contributed by atoms with van der Waals surface area (Å²) in [5.74, 6) is 1.57. The molecule has 100 valence electrons. The molecule has 1 fully saturated rings. The highest BCUT2D eigenvalue weighted by atomic mass is 79.9. The Hall–Kier alpha value is -0.880. The molecular weight excluding hydrogens is 296 g/mol. The maximum atomic E-state index is 5.61. The monoisotopic (exact) mass is 314 g/mol. The Morgan fingerprint density at radius 2 is 2.33 bits per heavy atom. The van der Waals surface area contributed by atoms with Crippen LogP contribution in [0, 0.1) is 0 Å². The Morgan fingerprint density at radius 3 is 3.00 bits per heavy atom. The highest BCUT2D eigenvalue weighted by molar-refractivity contribution is 9.10. The Labute approximate surface area is 116 Å². The first-order chi connectivity index (χ1) is 8.58. The number of ether oxygens (including phenoxy) is 1. The number of nitrogens with one attached hydrogen (secondary N) is 1. The lowest BCUT2D eigenvalue weighted by atomic mass is 9.95. The molecule has 0 aromatic carbocycles. The quantitative estimate of drug-likeness (QED) is 0.927. The second-order valence-corrected chi connectivity index (χ2v) is 5.65. The molecule has 1 unspecified atom stereocenters. The van der Waals surface area contributed by atoms with Gasteiger partial charge < -0.3 is 15.0 Å². The molecule has 1 saturated heterocycles. The van der Waals surface area contributed by atoms with E-state index in [9.17, 15) is 0 Å². The van der Waals surface area contributed by atoms with Crippen LogP contribution in [-0.4, -0.2) is 42.8 Å². The van der Waals surface area contributed by atoms with Crippen molar-refractivity contribution in [3.8, 4) is 0 Å². The molecule has 1 atom stereocenters. The molecule has 0 spiro atoms. The average Bonchev–Trinajstić information content (AvgIpc) is 2.39. The molecule has 1 aromatic rings. The standard InChI is InChI=1S/C12H19BrN4O/c1-12(18-3)5-4-6-17(8-12)10-9(13)7-15-11(14-2)16-10/h7H,4-6,8H2,1-3H3,(H,14,15,16). The van der Waals surface area contributed by atoms with E-state index in [4.69, 9.17) is 4.74 Å². The highest BCUT2D eigenvalue weighted by Gasteiger charge is 2.32. The maximum Gasteiger partial charge on any atom is 0.224 e. The fourth-order valence-corrected chi connectivity index (χ4v) is 2.70. The lowest BCUT2D eigenvalue weighted by molar-refractivity contribution is -0.00484. The number of anilines is 2. The molecule has 1 aromatic heterocycles. The largest absolute Gasteiger partial charge is 0.377 e. The van der Waals surface area contributed by atoms with E-state index in [1.54, 1.807) is 13.3 Å². The molecule has 1 aliphatic rings. The predicted octanol–water partition coefficient (Wildman–Crippen LogP) is 2.29. The second kappa shape index (κ2) is 5.40. The van der Waals surface area contributed by atoms with E-state index in [0.717, 1.165) is 36.2 Å². The topological polar surface area (TPSA) is 50.3 Å². The van der Waals surface area contributed by atoms with Crippen molar-refractivity contribution in [2.24, 2.45) is 0 Å². The summed E-state index contributed by atoms with van der Waals surface area (Å²) in [6, 6.07) is 0. The van der Waals surface area contributed by atoms with E-state index in [2.05, 4.69) is 43.0 Å². The molecule has 18 heavy (non-hydrogen) atoms. The number of nitrogens with zero attached hydrogens (tertiary/aromatic N) is 3. The van der Waals surface area contributed by atoms with Gasteiger partial charge in [-0.05, 0) is 35.7 Å². The molecule has 0 amide bonds. The zero-order chi connectivity index (χ0) is 13.2. The summed E-state index contributed by atoms with van der Waals surface area (Å²) in [5, 5.41) is 2.97. The van der Waals surface area contributed by atoms with Gasteiger partial charge in [-0.15, -0.1) is 0 Å². The molecule has 0 aliphatic carbocycles. The summed E-state index contributed by atoms with van der Waals surface area (Å²) in [6.07, 6.45) is 3.98. The van der Waals surface area contributed by atoms with Crippen molar-refractivity contribution in [1.82, 2.24) is 9.97 Å². The second-order valence-electron chi connectivity index (χ2n) is 4.79.